The molecule has 1 aliphatic rings. The van der Waals surface area contributed by atoms with Crippen LogP contribution in [-0.4, -0.2) is 27.0 Å². The summed E-state index contributed by atoms with van der Waals surface area (Å²) in [5, 5.41) is 8.73. The maximum Gasteiger partial charge on any atom is 0.278 e. The van der Waals surface area contributed by atoms with Gasteiger partial charge in [-0.05, 0) is 37.8 Å². The predicted octanol–water partition coefficient (Wildman–Crippen LogP) is 2.87. The highest BCUT2D eigenvalue weighted by atomic mass is 16.5. The molecule has 0 amide bonds. The van der Waals surface area contributed by atoms with Crippen LogP contribution in [0.15, 0.2) is 28.8 Å². The van der Waals surface area contributed by atoms with E-state index in [0.29, 0.717) is 18.3 Å². The Hall–Kier alpha value is -2.47. The van der Waals surface area contributed by atoms with Gasteiger partial charge in [0.2, 0.25) is 0 Å². The molecule has 0 bridgehead atoms. The average molecular weight is 310 g/mol. The van der Waals surface area contributed by atoms with Crippen molar-refractivity contribution in [1.82, 2.24) is 19.9 Å². The fraction of sp³-hybridized carbons (Fsp3) is 0.353. The third-order valence-corrected chi connectivity index (χ3v) is 4.22. The summed E-state index contributed by atoms with van der Waals surface area (Å²) in [6.45, 7) is 2.44. The van der Waals surface area contributed by atoms with Gasteiger partial charge in [0.1, 0.15) is 6.61 Å². The predicted molar refractivity (Wildman–Crippen MR) is 84.3 cm³/mol. The largest absolute Gasteiger partial charge is 0.377 e. The summed E-state index contributed by atoms with van der Waals surface area (Å²) < 4.78 is 12.5. The molecule has 1 aliphatic carbocycles. The molecule has 0 unspecified atom stereocenters. The number of fused-ring (bicyclic) bond motifs is 1. The maximum absolute atomic E-state index is 5.39. The highest BCUT2D eigenvalue weighted by Crippen LogP contribution is 2.33. The van der Waals surface area contributed by atoms with Crippen molar-refractivity contribution < 1.29 is 9.26 Å². The highest BCUT2D eigenvalue weighted by molar-refractivity contribution is 5.58. The molecule has 1 aromatic carbocycles. The van der Waals surface area contributed by atoms with Crippen LogP contribution in [0.25, 0.3) is 17.3 Å². The van der Waals surface area contributed by atoms with Crippen LogP contribution in [0.5, 0.6) is 0 Å². The lowest BCUT2D eigenvalue weighted by Gasteiger charge is -2.08. The Bertz CT molecular complexity index is 850. The summed E-state index contributed by atoms with van der Waals surface area (Å²) in [6.07, 6.45) is 3.15. The number of hydrogen-bond donors (Lipinski definition) is 0. The van der Waals surface area contributed by atoms with Gasteiger partial charge in [-0.1, -0.05) is 23.4 Å². The summed E-state index contributed by atoms with van der Waals surface area (Å²) in [4.78, 5) is 4.40. The Morgan fingerprint density at radius 2 is 2.13 bits per heavy atom. The first-order valence-corrected chi connectivity index (χ1v) is 7.76. The summed E-state index contributed by atoms with van der Waals surface area (Å²) in [6, 6.07) is 8.27. The van der Waals surface area contributed by atoms with Crippen molar-refractivity contribution in [2.75, 3.05) is 7.11 Å². The molecule has 0 spiro atoms. The summed E-state index contributed by atoms with van der Waals surface area (Å²) in [7, 11) is 1.61. The van der Waals surface area contributed by atoms with Crippen molar-refractivity contribution in [2.24, 2.45) is 0 Å². The van der Waals surface area contributed by atoms with Gasteiger partial charge in [0.25, 0.3) is 5.89 Å². The number of benzene rings is 1. The van der Waals surface area contributed by atoms with Crippen molar-refractivity contribution in [3.05, 3.63) is 46.9 Å². The van der Waals surface area contributed by atoms with E-state index in [1.807, 2.05) is 16.8 Å². The molecule has 0 atom stereocenters. The molecule has 0 saturated carbocycles. The van der Waals surface area contributed by atoms with Crippen molar-refractivity contribution in [1.29, 1.82) is 0 Å². The van der Waals surface area contributed by atoms with E-state index in [9.17, 15) is 0 Å². The van der Waals surface area contributed by atoms with Gasteiger partial charge in [-0.15, -0.1) is 0 Å². The molecule has 0 N–H and O–H groups in total. The molecule has 23 heavy (non-hydrogen) atoms. The zero-order valence-corrected chi connectivity index (χ0v) is 13.2. The first-order valence-electron chi connectivity index (χ1n) is 7.76. The van der Waals surface area contributed by atoms with Gasteiger partial charge < -0.3 is 9.26 Å². The molecule has 2 heterocycles. The Morgan fingerprint density at radius 3 is 2.96 bits per heavy atom. The Morgan fingerprint density at radius 1 is 1.26 bits per heavy atom. The third-order valence-electron chi connectivity index (χ3n) is 4.22. The number of hydrogen-bond acceptors (Lipinski definition) is 5. The lowest BCUT2D eigenvalue weighted by atomic mass is 10.2. The Labute approximate surface area is 134 Å². The van der Waals surface area contributed by atoms with E-state index >= 15 is 0 Å². The number of ether oxygens (including phenoxy) is 1. The Kier molecular flexibility index (Phi) is 3.46. The van der Waals surface area contributed by atoms with Crippen LogP contribution in [0, 0.1) is 6.92 Å². The van der Waals surface area contributed by atoms with E-state index in [2.05, 4.69) is 29.2 Å². The first kappa shape index (κ1) is 14.1. The van der Waals surface area contributed by atoms with E-state index in [-0.39, 0.29) is 0 Å². The topological polar surface area (TPSA) is 66.0 Å². The second-order valence-electron chi connectivity index (χ2n) is 5.77. The molecule has 0 aliphatic heterocycles. The van der Waals surface area contributed by atoms with Crippen LogP contribution in [-0.2, 0) is 24.2 Å². The van der Waals surface area contributed by atoms with Crippen LogP contribution >= 0.6 is 0 Å². The summed E-state index contributed by atoms with van der Waals surface area (Å²) >= 11 is 0. The van der Waals surface area contributed by atoms with Crippen LogP contribution in [0.2, 0.25) is 0 Å². The van der Waals surface area contributed by atoms with Crippen molar-refractivity contribution >= 4 is 0 Å². The molecule has 4 rings (SSSR count). The third kappa shape index (κ3) is 2.35. The second-order valence-corrected chi connectivity index (χ2v) is 5.77. The zero-order chi connectivity index (χ0) is 15.8. The molecular formula is C17H18N4O2. The van der Waals surface area contributed by atoms with Crippen molar-refractivity contribution in [2.45, 2.75) is 32.8 Å². The number of aryl methyl sites for hydroxylation is 1. The van der Waals surface area contributed by atoms with Crippen LogP contribution in [0.1, 0.15) is 29.1 Å². The van der Waals surface area contributed by atoms with Gasteiger partial charge in [0.15, 0.2) is 11.5 Å². The molecule has 0 fully saturated rings. The van der Waals surface area contributed by atoms with Crippen LogP contribution < -0.4 is 0 Å². The van der Waals surface area contributed by atoms with Gasteiger partial charge in [-0.3, -0.25) is 0 Å². The smallest absolute Gasteiger partial charge is 0.278 e. The normalized spacial score (nSPS) is 13.5. The Balaban J connectivity index is 1.83. The van der Waals surface area contributed by atoms with Gasteiger partial charge in [0.05, 0.1) is 5.69 Å². The van der Waals surface area contributed by atoms with E-state index in [1.165, 1.54) is 16.8 Å². The first-order chi connectivity index (χ1) is 11.3. The lowest BCUT2D eigenvalue weighted by Crippen LogP contribution is -2.03. The van der Waals surface area contributed by atoms with Gasteiger partial charge >= 0.3 is 0 Å². The number of aromatic nitrogens is 4. The molecule has 3 aromatic rings. The second kappa shape index (κ2) is 5.62. The minimum atomic E-state index is 0.337. The lowest BCUT2D eigenvalue weighted by molar-refractivity contribution is 0.174. The number of nitrogens with zero attached hydrogens (tertiary/aromatic N) is 4. The molecule has 6 nitrogen and oxygen atoms in total. The van der Waals surface area contributed by atoms with Gasteiger partial charge in [0, 0.05) is 18.4 Å². The standard InChI is InChI=1S/C17H18N4O2/c1-11-6-3-4-8-13(11)21-14-9-5-7-12(14)16(19-21)17-18-15(10-22-2)20-23-17/h3-4,6,8H,5,7,9-10H2,1-2H3. The molecule has 118 valence electrons. The van der Waals surface area contributed by atoms with Crippen LogP contribution in [0.3, 0.4) is 0 Å². The molecular weight excluding hydrogens is 292 g/mol. The SMILES string of the molecule is COCc1noc(-c2nn(-c3ccccc3C)c3c2CCC3)n1. The molecule has 0 saturated heterocycles. The van der Waals surface area contributed by atoms with Crippen molar-refractivity contribution in [3.63, 3.8) is 0 Å². The quantitative estimate of drug-likeness (QED) is 0.741. The van der Waals surface area contributed by atoms with Gasteiger partial charge in [-0.2, -0.15) is 10.1 Å². The number of methoxy groups -OCH3 is 1. The molecule has 6 heteroatoms. The van der Waals surface area contributed by atoms with E-state index in [0.717, 1.165) is 30.6 Å². The fourth-order valence-corrected chi connectivity index (χ4v) is 3.15. The van der Waals surface area contributed by atoms with Crippen LogP contribution in [0.4, 0.5) is 0 Å². The van der Waals surface area contributed by atoms with E-state index in [1.54, 1.807) is 7.11 Å². The van der Waals surface area contributed by atoms with Crippen molar-refractivity contribution in [3.8, 4) is 17.3 Å². The fourth-order valence-electron chi connectivity index (χ4n) is 3.15. The molecule has 2 aromatic heterocycles. The molecule has 0 radical (unpaired) electrons. The van der Waals surface area contributed by atoms with E-state index in [4.69, 9.17) is 14.4 Å². The maximum atomic E-state index is 5.39. The zero-order valence-electron chi connectivity index (χ0n) is 13.2. The minimum Gasteiger partial charge on any atom is -0.377 e. The number of para-hydroxylation sites is 1. The minimum absolute atomic E-state index is 0.337. The monoisotopic (exact) mass is 310 g/mol. The number of rotatable bonds is 4. The highest BCUT2D eigenvalue weighted by Gasteiger charge is 2.27. The van der Waals surface area contributed by atoms with E-state index < -0.39 is 0 Å². The van der Waals surface area contributed by atoms with Gasteiger partial charge in [-0.25, -0.2) is 4.68 Å². The summed E-state index contributed by atoms with van der Waals surface area (Å²) in [5.74, 6) is 1.02. The summed E-state index contributed by atoms with van der Waals surface area (Å²) in [5.41, 5.74) is 5.58. The average Bonchev–Trinajstić information content (AvgIpc) is 3.24.